The van der Waals surface area contributed by atoms with Gasteiger partial charge < -0.3 is 9.88 Å². The lowest BCUT2D eigenvalue weighted by molar-refractivity contribution is 0.0945. The first kappa shape index (κ1) is 18.0. The molecule has 1 aromatic carbocycles. The molecule has 0 spiro atoms. The Morgan fingerprint density at radius 1 is 1.15 bits per heavy atom. The Morgan fingerprint density at radius 3 is 2.58 bits per heavy atom. The van der Waals surface area contributed by atoms with Crippen LogP contribution in [0.2, 0.25) is 0 Å². The summed E-state index contributed by atoms with van der Waals surface area (Å²) in [6.07, 6.45) is 5.22. The van der Waals surface area contributed by atoms with E-state index in [1.165, 1.54) is 5.56 Å². The zero-order chi connectivity index (χ0) is 18.5. The van der Waals surface area contributed by atoms with Crippen LogP contribution in [0.1, 0.15) is 42.2 Å². The fraction of sp³-hybridized carbons (Fsp3) is 0.333. The average molecular weight is 350 g/mol. The second-order valence-corrected chi connectivity index (χ2v) is 6.63. The minimum absolute atomic E-state index is 0.0883. The van der Waals surface area contributed by atoms with Crippen molar-refractivity contribution in [2.75, 3.05) is 6.54 Å². The third-order valence-electron chi connectivity index (χ3n) is 4.49. The van der Waals surface area contributed by atoms with Crippen molar-refractivity contribution in [3.05, 3.63) is 59.9 Å². The van der Waals surface area contributed by atoms with Gasteiger partial charge in [0.15, 0.2) is 0 Å². The summed E-state index contributed by atoms with van der Waals surface area (Å²) in [5, 5.41) is 7.74. The van der Waals surface area contributed by atoms with Crippen molar-refractivity contribution in [3.63, 3.8) is 0 Å². The second-order valence-electron chi connectivity index (χ2n) is 6.63. The number of aromatic nitrogens is 3. The van der Waals surface area contributed by atoms with Crippen molar-refractivity contribution in [1.82, 2.24) is 19.7 Å². The molecule has 2 aromatic heterocycles. The lowest BCUT2D eigenvalue weighted by atomic mass is 10.2. The summed E-state index contributed by atoms with van der Waals surface area (Å²) in [6, 6.07) is 13.9. The van der Waals surface area contributed by atoms with Gasteiger partial charge in [0.25, 0.3) is 5.91 Å². The minimum Gasteiger partial charge on any atom is -0.351 e. The fourth-order valence-electron chi connectivity index (χ4n) is 2.95. The van der Waals surface area contributed by atoms with Crippen LogP contribution in [0, 0.1) is 6.92 Å². The number of hydrogen-bond donors (Lipinski definition) is 1. The van der Waals surface area contributed by atoms with E-state index in [0.29, 0.717) is 12.2 Å². The molecule has 0 aliphatic heterocycles. The molecule has 5 nitrogen and oxygen atoms in total. The second kappa shape index (κ2) is 8.04. The first-order valence-electron chi connectivity index (χ1n) is 9.17. The molecule has 2 heterocycles. The van der Waals surface area contributed by atoms with E-state index < -0.39 is 0 Å². The summed E-state index contributed by atoms with van der Waals surface area (Å²) >= 11 is 0. The number of hydrogen-bond acceptors (Lipinski definition) is 2. The summed E-state index contributed by atoms with van der Waals surface area (Å²) in [4.78, 5) is 12.8. The van der Waals surface area contributed by atoms with Gasteiger partial charge in [-0.1, -0.05) is 37.5 Å². The van der Waals surface area contributed by atoms with Gasteiger partial charge in [0.2, 0.25) is 0 Å². The van der Waals surface area contributed by atoms with Gasteiger partial charge in [-0.15, -0.1) is 0 Å². The molecule has 0 saturated heterocycles. The van der Waals surface area contributed by atoms with Gasteiger partial charge in [-0.2, -0.15) is 5.10 Å². The minimum atomic E-state index is -0.0883. The highest BCUT2D eigenvalue weighted by Crippen LogP contribution is 2.22. The molecule has 0 aliphatic rings. The Bertz CT molecular complexity index is 874. The first-order chi connectivity index (χ1) is 12.6. The van der Waals surface area contributed by atoms with Crippen LogP contribution in [-0.4, -0.2) is 26.8 Å². The summed E-state index contributed by atoms with van der Waals surface area (Å²) in [5.74, 6) is -0.0883. The number of carbonyl (C=O) groups is 1. The number of rotatable bonds is 7. The SMILES string of the molecule is CCCCCNC(=O)c1cc(-c2cccn2C)nn1-c1ccc(C)cc1. The highest BCUT2D eigenvalue weighted by atomic mass is 16.2. The summed E-state index contributed by atoms with van der Waals surface area (Å²) < 4.78 is 3.74. The standard InChI is InChI=1S/C21H26N4O/c1-4-5-6-13-22-21(26)20-15-18(19-8-7-14-24(19)3)23-25(20)17-11-9-16(2)10-12-17/h7-12,14-15H,4-6,13H2,1-3H3,(H,22,26). The maximum absolute atomic E-state index is 12.8. The van der Waals surface area contributed by atoms with E-state index in [-0.39, 0.29) is 5.91 Å². The molecule has 0 saturated carbocycles. The molecule has 136 valence electrons. The van der Waals surface area contributed by atoms with Crippen LogP contribution in [0.15, 0.2) is 48.7 Å². The van der Waals surface area contributed by atoms with Crippen molar-refractivity contribution in [2.24, 2.45) is 7.05 Å². The van der Waals surface area contributed by atoms with Gasteiger partial charge in [0.1, 0.15) is 11.4 Å². The Hall–Kier alpha value is -2.82. The molecule has 5 heteroatoms. The number of nitrogens with zero attached hydrogens (tertiary/aromatic N) is 3. The monoisotopic (exact) mass is 350 g/mol. The number of unbranched alkanes of at least 4 members (excludes halogenated alkanes) is 2. The molecule has 0 atom stereocenters. The van der Waals surface area contributed by atoms with Crippen LogP contribution in [0.3, 0.4) is 0 Å². The first-order valence-corrected chi connectivity index (χ1v) is 9.17. The molecule has 3 aromatic rings. The van der Waals surface area contributed by atoms with Crippen LogP contribution in [-0.2, 0) is 7.05 Å². The lowest BCUT2D eigenvalue weighted by Crippen LogP contribution is -2.26. The molecule has 0 radical (unpaired) electrons. The smallest absolute Gasteiger partial charge is 0.270 e. The fourth-order valence-corrected chi connectivity index (χ4v) is 2.95. The van der Waals surface area contributed by atoms with Crippen molar-refractivity contribution < 1.29 is 4.79 Å². The molecule has 1 N–H and O–H groups in total. The predicted octanol–water partition coefficient (Wildman–Crippen LogP) is 4.11. The third-order valence-corrected chi connectivity index (χ3v) is 4.49. The topological polar surface area (TPSA) is 51.9 Å². The van der Waals surface area contributed by atoms with Crippen LogP contribution in [0.5, 0.6) is 0 Å². The Morgan fingerprint density at radius 2 is 1.92 bits per heavy atom. The Labute approximate surface area is 154 Å². The Balaban J connectivity index is 1.95. The molecule has 0 aliphatic carbocycles. The van der Waals surface area contributed by atoms with Gasteiger partial charge in [0.05, 0.1) is 11.4 Å². The molecular weight excluding hydrogens is 324 g/mol. The number of amides is 1. The predicted molar refractivity (Wildman–Crippen MR) is 105 cm³/mol. The zero-order valence-corrected chi connectivity index (χ0v) is 15.7. The number of aryl methyl sites for hydroxylation is 2. The van der Waals surface area contributed by atoms with E-state index in [2.05, 4.69) is 12.2 Å². The van der Waals surface area contributed by atoms with Gasteiger partial charge >= 0.3 is 0 Å². The van der Waals surface area contributed by atoms with E-state index in [4.69, 9.17) is 5.10 Å². The molecule has 3 rings (SSSR count). The highest BCUT2D eigenvalue weighted by molar-refractivity contribution is 5.94. The number of benzene rings is 1. The lowest BCUT2D eigenvalue weighted by Gasteiger charge is -2.08. The van der Waals surface area contributed by atoms with Crippen molar-refractivity contribution in [1.29, 1.82) is 0 Å². The molecule has 26 heavy (non-hydrogen) atoms. The van der Waals surface area contributed by atoms with Gasteiger partial charge in [-0.3, -0.25) is 4.79 Å². The summed E-state index contributed by atoms with van der Waals surface area (Å²) in [5.41, 5.74) is 4.39. The Kier molecular flexibility index (Phi) is 5.56. The van der Waals surface area contributed by atoms with Crippen molar-refractivity contribution in [2.45, 2.75) is 33.1 Å². The normalized spacial score (nSPS) is 10.9. The molecule has 0 fully saturated rings. The number of nitrogens with one attached hydrogen (secondary N) is 1. The van der Waals surface area contributed by atoms with E-state index in [1.54, 1.807) is 4.68 Å². The van der Waals surface area contributed by atoms with Crippen LogP contribution in [0.4, 0.5) is 0 Å². The summed E-state index contributed by atoms with van der Waals surface area (Å²) in [6.45, 7) is 4.88. The highest BCUT2D eigenvalue weighted by Gasteiger charge is 2.18. The molecule has 0 unspecified atom stereocenters. The van der Waals surface area contributed by atoms with Gasteiger partial charge in [0, 0.05) is 19.8 Å². The maximum Gasteiger partial charge on any atom is 0.270 e. The maximum atomic E-state index is 12.8. The van der Waals surface area contributed by atoms with E-state index in [1.807, 2.05) is 67.2 Å². The molecule has 0 bridgehead atoms. The van der Waals surface area contributed by atoms with Crippen LogP contribution in [0.25, 0.3) is 17.1 Å². The van der Waals surface area contributed by atoms with Crippen LogP contribution >= 0.6 is 0 Å². The largest absolute Gasteiger partial charge is 0.351 e. The summed E-state index contributed by atoms with van der Waals surface area (Å²) in [7, 11) is 1.98. The molecule has 1 amide bonds. The quantitative estimate of drug-likeness (QED) is 0.652. The zero-order valence-electron chi connectivity index (χ0n) is 15.7. The van der Waals surface area contributed by atoms with Crippen molar-refractivity contribution >= 4 is 5.91 Å². The average Bonchev–Trinajstić information content (AvgIpc) is 3.25. The third kappa shape index (κ3) is 3.87. The number of carbonyl (C=O) groups excluding carboxylic acids is 1. The van der Waals surface area contributed by atoms with Crippen molar-refractivity contribution in [3.8, 4) is 17.1 Å². The van der Waals surface area contributed by atoms with Gasteiger partial charge in [-0.05, 0) is 43.7 Å². The van der Waals surface area contributed by atoms with E-state index >= 15 is 0 Å². The van der Waals surface area contributed by atoms with E-state index in [0.717, 1.165) is 36.3 Å². The van der Waals surface area contributed by atoms with Crippen LogP contribution < -0.4 is 5.32 Å². The molecular formula is C21H26N4O. The van der Waals surface area contributed by atoms with Gasteiger partial charge in [-0.25, -0.2) is 4.68 Å². The van der Waals surface area contributed by atoms with E-state index in [9.17, 15) is 4.79 Å².